The molecule has 0 atom stereocenters. The highest BCUT2D eigenvalue weighted by molar-refractivity contribution is 9.10. The van der Waals surface area contributed by atoms with E-state index in [9.17, 15) is 0 Å². The van der Waals surface area contributed by atoms with Crippen LogP contribution in [0.5, 0.6) is 0 Å². The predicted molar refractivity (Wildman–Crippen MR) is 50.0 cm³/mol. The average molecular weight is 215 g/mol. The third-order valence-electron chi connectivity index (χ3n) is 1.50. The summed E-state index contributed by atoms with van der Waals surface area (Å²) < 4.78 is 1.15. The SMILES string of the molecule is NNCCc1ccccc1Br. The van der Waals surface area contributed by atoms with Crippen molar-refractivity contribution in [2.75, 3.05) is 6.54 Å². The maximum absolute atomic E-state index is 5.16. The first-order chi connectivity index (χ1) is 5.34. The van der Waals surface area contributed by atoms with Crippen LogP contribution in [0, 0.1) is 0 Å². The summed E-state index contributed by atoms with van der Waals surface area (Å²) in [5.74, 6) is 5.16. The molecule has 3 heteroatoms. The fourth-order valence-electron chi connectivity index (χ4n) is 0.908. The molecule has 11 heavy (non-hydrogen) atoms. The quantitative estimate of drug-likeness (QED) is 0.591. The number of hydrogen-bond acceptors (Lipinski definition) is 2. The van der Waals surface area contributed by atoms with Gasteiger partial charge in [0.2, 0.25) is 0 Å². The molecule has 0 aliphatic heterocycles. The zero-order valence-electron chi connectivity index (χ0n) is 6.18. The van der Waals surface area contributed by atoms with E-state index in [1.807, 2.05) is 18.2 Å². The zero-order chi connectivity index (χ0) is 8.10. The number of nitrogens with one attached hydrogen (secondary N) is 1. The number of hydrazine groups is 1. The van der Waals surface area contributed by atoms with E-state index in [1.54, 1.807) is 0 Å². The van der Waals surface area contributed by atoms with Crippen LogP contribution < -0.4 is 11.3 Å². The maximum Gasteiger partial charge on any atom is 0.0207 e. The first-order valence-corrected chi connectivity index (χ1v) is 4.31. The third kappa shape index (κ3) is 2.61. The number of rotatable bonds is 3. The Balaban J connectivity index is 2.62. The molecule has 0 bridgehead atoms. The van der Waals surface area contributed by atoms with Gasteiger partial charge in [-0.25, -0.2) is 0 Å². The first kappa shape index (κ1) is 8.71. The third-order valence-corrected chi connectivity index (χ3v) is 2.27. The minimum absolute atomic E-state index is 0.808. The van der Waals surface area contributed by atoms with Crippen LogP contribution in [-0.4, -0.2) is 6.54 Å². The van der Waals surface area contributed by atoms with E-state index in [-0.39, 0.29) is 0 Å². The molecule has 1 aromatic carbocycles. The van der Waals surface area contributed by atoms with Crippen LogP contribution in [0.2, 0.25) is 0 Å². The second-order valence-electron chi connectivity index (χ2n) is 2.30. The monoisotopic (exact) mass is 214 g/mol. The number of halogens is 1. The van der Waals surface area contributed by atoms with Gasteiger partial charge in [0.05, 0.1) is 0 Å². The largest absolute Gasteiger partial charge is 0.271 e. The molecule has 60 valence electrons. The van der Waals surface area contributed by atoms with Crippen molar-refractivity contribution in [1.29, 1.82) is 0 Å². The van der Waals surface area contributed by atoms with Crippen molar-refractivity contribution in [3.8, 4) is 0 Å². The van der Waals surface area contributed by atoms with Gasteiger partial charge >= 0.3 is 0 Å². The topological polar surface area (TPSA) is 38.0 Å². The minimum Gasteiger partial charge on any atom is -0.271 e. The Kier molecular flexibility index (Phi) is 3.56. The molecule has 0 heterocycles. The van der Waals surface area contributed by atoms with E-state index in [0.717, 1.165) is 17.4 Å². The summed E-state index contributed by atoms with van der Waals surface area (Å²) in [4.78, 5) is 0. The molecule has 0 aliphatic rings. The fraction of sp³-hybridized carbons (Fsp3) is 0.250. The molecular weight excluding hydrogens is 204 g/mol. The Hall–Kier alpha value is -0.380. The van der Waals surface area contributed by atoms with Crippen LogP contribution in [0.1, 0.15) is 5.56 Å². The second kappa shape index (κ2) is 4.49. The van der Waals surface area contributed by atoms with E-state index in [1.165, 1.54) is 5.56 Å². The van der Waals surface area contributed by atoms with Gasteiger partial charge < -0.3 is 0 Å². The highest BCUT2D eigenvalue weighted by Crippen LogP contribution is 2.15. The summed E-state index contributed by atoms with van der Waals surface area (Å²) in [6.07, 6.45) is 0.956. The lowest BCUT2D eigenvalue weighted by atomic mass is 10.2. The van der Waals surface area contributed by atoms with E-state index in [2.05, 4.69) is 27.4 Å². The van der Waals surface area contributed by atoms with Crippen molar-refractivity contribution < 1.29 is 0 Å². The van der Waals surface area contributed by atoms with E-state index < -0.39 is 0 Å². The van der Waals surface area contributed by atoms with Gasteiger partial charge in [-0.05, 0) is 18.1 Å². The molecule has 1 rings (SSSR count). The highest BCUT2D eigenvalue weighted by Gasteiger charge is 1.95. The van der Waals surface area contributed by atoms with E-state index in [4.69, 9.17) is 5.84 Å². The molecule has 0 spiro atoms. The van der Waals surface area contributed by atoms with E-state index in [0.29, 0.717) is 0 Å². The molecule has 0 radical (unpaired) electrons. The van der Waals surface area contributed by atoms with Gasteiger partial charge in [0.15, 0.2) is 0 Å². The molecule has 3 N–H and O–H groups in total. The van der Waals surface area contributed by atoms with Crippen molar-refractivity contribution >= 4 is 15.9 Å². The Morgan fingerprint density at radius 1 is 1.36 bits per heavy atom. The normalized spacial score (nSPS) is 10.0. The lowest BCUT2D eigenvalue weighted by molar-refractivity contribution is 0.727. The van der Waals surface area contributed by atoms with Crippen LogP contribution in [0.3, 0.4) is 0 Å². The molecule has 1 aromatic rings. The highest BCUT2D eigenvalue weighted by atomic mass is 79.9. The van der Waals surface area contributed by atoms with Crippen LogP contribution in [0.4, 0.5) is 0 Å². The van der Waals surface area contributed by atoms with Crippen LogP contribution in [-0.2, 0) is 6.42 Å². The zero-order valence-corrected chi connectivity index (χ0v) is 7.76. The smallest absolute Gasteiger partial charge is 0.0207 e. The van der Waals surface area contributed by atoms with Gasteiger partial charge in [-0.1, -0.05) is 34.1 Å². The van der Waals surface area contributed by atoms with E-state index >= 15 is 0 Å². The lowest BCUT2D eigenvalue weighted by Gasteiger charge is -2.01. The van der Waals surface area contributed by atoms with Gasteiger partial charge in [-0.2, -0.15) is 0 Å². The fourth-order valence-corrected chi connectivity index (χ4v) is 1.39. The molecule has 0 fully saturated rings. The molecule has 0 saturated carbocycles. The standard InChI is InChI=1S/C8H11BrN2/c9-8-4-2-1-3-7(8)5-6-11-10/h1-4,11H,5-6,10H2. The first-order valence-electron chi connectivity index (χ1n) is 3.51. The van der Waals surface area contributed by atoms with Gasteiger partial charge in [0, 0.05) is 11.0 Å². The number of benzene rings is 1. The molecule has 0 amide bonds. The van der Waals surface area contributed by atoms with Gasteiger partial charge in [-0.15, -0.1) is 0 Å². The van der Waals surface area contributed by atoms with Crippen molar-refractivity contribution in [3.63, 3.8) is 0 Å². The maximum atomic E-state index is 5.16. The summed E-state index contributed by atoms with van der Waals surface area (Å²) in [6.45, 7) is 0.808. The van der Waals surface area contributed by atoms with Crippen molar-refractivity contribution in [1.82, 2.24) is 5.43 Å². The summed E-state index contributed by atoms with van der Waals surface area (Å²) >= 11 is 3.46. The Morgan fingerprint density at radius 2 is 2.09 bits per heavy atom. The average Bonchev–Trinajstić information content (AvgIpc) is 2.03. The van der Waals surface area contributed by atoms with Crippen molar-refractivity contribution in [3.05, 3.63) is 34.3 Å². The molecular formula is C8H11BrN2. The van der Waals surface area contributed by atoms with Crippen LogP contribution in [0.15, 0.2) is 28.7 Å². The predicted octanol–water partition coefficient (Wildman–Crippen LogP) is 1.45. The molecule has 0 aliphatic carbocycles. The van der Waals surface area contributed by atoms with Crippen molar-refractivity contribution in [2.45, 2.75) is 6.42 Å². The van der Waals surface area contributed by atoms with Crippen LogP contribution in [0.25, 0.3) is 0 Å². The second-order valence-corrected chi connectivity index (χ2v) is 3.15. The van der Waals surface area contributed by atoms with Gasteiger partial charge in [-0.3, -0.25) is 11.3 Å². The number of nitrogens with two attached hydrogens (primary N) is 1. The molecule has 0 unspecified atom stereocenters. The summed E-state index contributed by atoms with van der Waals surface area (Å²) in [7, 11) is 0. The Labute approximate surface area is 74.9 Å². The molecule has 0 saturated heterocycles. The Morgan fingerprint density at radius 3 is 2.73 bits per heavy atom. The lowest BCUT2D eigenvalue weighted by Crippen LogP contribution is -2.24. The van der Waals surface area contributed by atoms with Crippen LogP contribution >= 0.6 is 15.9 Å². The molecule has 0 aromatic heterocycles. The Bertz CT molecular complexity index is 225. The summed E-state index contributed by atoms with van der Waals surface area (Å²) in [6, 6.07) is 8.15. The van der Waals surface area contributed by atoms with Gasteiger partial charge in [0.25, 0.3) is 0 Å². The van der Waals surface area contributed by atoms with Gasteiger partial charge in [0.1, 0.15) is 0 Å². The number of hydrogen-bond donors (Lipinski definition) is 2. The molecule has 2 nitrogen and oxygen atoms in total. The minimum atomic E-state index is 0.808. The summed E-state index contributed by atoms with van der Waals surface area (Å²) in [5, 5.41) is 0. The summed E-state index contributed by atoms with van der Waals surface area (Å²) in [5.41, 5.74) is 3.91. The van der Waals surface area contributed by atoms with Crippen molar-refractivity contribution in [2.24, 2.45) is 5.84 Å².